The summed E-state index contributed by atoms with van der Waals surface area (Å²) in [4.78, 5) is 25.3. The van der Waals surface area contributed by atoms with Crippen molar-refractivity contribution in [2.24, 2.45) is 0 Å². The zero-order chi connectivity index (χ0) is 16.2. The van der Waals surface area contributed by atoms with Crippen molar-refractivity contribution in [3.05, 3.63) is 56.8 Å². The van der Waals surface area contributed by atoms with Crippen LogP contribution in [0.25, 0.3) is 0 Å². The van der Waals surface area contributed by atoms with E-state index < -0.39 is 0 Å². The Bertz CT molecular complexity index is 733. The molecule has 0 atom stereocenters. The molecule has 0 saturated carbocycles. The van der Waals surface area contributed by atoms with Crippen molar-refractivity contribution in [1.29, 1.82) is 0 Å². The minimum atomic E-state index is -0.0627. The highest BCUT2D eigenvalue weighted by Crippen LogP contribution is 2.23. The molecular formula is C19H21NO2S. The van der Waals surface area contributed by atoms with E-state index in [-0.39, 0.29) is 24.5 Å². The molecule has 4 heteroatoms. The first kappa shape index (κ1) is 15.9. The van der Waals surface area contributed by atoms with Gasteiger partial charge in [-0.3, -0.25) is 9.59 Å². The minimum absolute atomic E-state index is 0.0576. The summed E-state index contributed by atoms with van der Waals surface area (Å²) in [6.45, 7) is 2.59. The summed E-state index contributed by atoms with van der Waals surface area (Å²) in [5.74, 6) is -0.00513. The van der Waals surface area contributed by atoms with Crippen LogP contribution in [0.15, 0.2) is 29.6 Å². The maximum atomic E-state index is 12.3. The van der Waals surface area contributed by atoms with Crippen LogP contribution in [0, 0.1) is 6.92 Å². The molecule has 23 heavy (non-hydrogen) atoms. The van der Waals surface area contributed by atoms with Crippen molar-refractivity contribution < 1.29 is 9.59 Å². The number of Topliss-reactive ketones (excluding diaryl/α,β-unsaturated/α-hetero) is 1. The number of nitrogens with one attached hydrogen (secondary N) is 1. The topological polar surface area (TPSA) is 46.2 Å². The van der Waals surface area contributed by atoms with Crippen molar-refractivity contribution in [2.75, 3.05) is 0 Å². The molecule has 3 nitrogen and oxygen atoms in total. The van der Waals surface area contributed by atoms with Crippen LogP contribution in [-0.4, -0.2) is 11.7 Å². The van der Waals surface area contributed by atoms with E-state index in [0.29, 0.717) is 6.54 Å². The quantitative estimate of drug-likeness (QED) is 0.820. The molecule has 0 fully saturated rings. The van der Waals surface area contributed by atoms with Crippen molar-refractivity contribution in [3.63, 3.8) is 0 Å². The zero-order valence-electron chi connectivity index (χ0n) is 13.4. The van der Waals surface area contributed by atoms with E-state index in [2.05, 4.69) is 11.4 Å². The summed E-state index contributed by atoms with van der Waals surface area (Å²) in [6, 6.07) is 8.02. The van der Waals surface area contributed by atoms with E-state index in [9.17, 15) is 9.59 Å². The molecule has 120 valence electrons. The predicted octanol–water partition coefficient (Wildman–Crippen LogP) is 3.82. The standard InChI is InChI=1S/C19H21NO2S/c1-13-9-10-23-18(13)12-20-19(22)8-7-17(21)16-6-5-14-3-2-4-15(14)11-16/h5-6,9-11H,2-4,7-8,12H2,1H3,(H,20,22). The number of thiophene rings is 1. The third-order valence-corrected chi connectivity index (χ3v) is 5.44. The van der Waals surface area contributed by atoms with Gasteiger partial charge in [-0.2, -0.15) is 0 Å². The van der Waals surface area contributed by atoms with Crippen LogP contribution in [0.3, 0.4) is 0 Å². The molecule has 0 aliphatic heterocycles. The lowest BCUT2D eigenvalue weighted by Crippen LogP contribution is -2.23. The average molecular weight is 327 g/mol. The van der Waals surface area contributed by atoms with Gasteiger partial charge in [0.15, 0.2) is 5.78 Å². The van der Waals surface area contributed by atoms with Gasteiger partial charge in [0, 0.05) is 23.3 Å². The second-order valence-corrected chi connectivity index (χ2v) is 7.06. The number of carbonyl (C=O) groups excluding carboxylic acids is 2. The average Bonchev–Trinajstić information content (AvgIpc) is 3.18. The zero-order valence-corrected chi connectivity index (χ0v) is 14.2. The van der Waals surface area contributed by atoms with Crippen LogP contribution in [0.2, 0.25) is 0 Å². The van der Waals surface area contributed by atoms with Gasteiger partial charge in [0.1, 0.15) is 0 Å². The summed E-state index contributed by atoms with van der Waals surface area (Å²) >= 11 is 1.64. The lowest BCUT2D eigenvalue weighted by molar-refractivity contribution is -0.121. The summed E-state index contributed by atoms with van der Waals surface area (Å²) in [5, 5.41) is 4.92. The molecule has 0 saturated heterocycles. The van der Waals surface area contributed by atoms with Crippen LogP contribution in [0.4, 0.5) is 0 Å². The van der Waals surface area contributed by atoms with Gasteiger partial charge >= 0.3 is 0 Å². The van der Waals surface area contributed by atoms with E-state index in [1.54, 1.807) is 11.3 Å². The largest absolute Gasteiger partial charge is 0.351 e. The fourth-order valence-electron chi connectivity index (χ4n) is 2.97. The number of carbonyl (C=O) groups is 2. The molecule has 1 heterocycles. The third-order valence-electron chi connectivity index (χ3n) is 4.41. The number of hydrogen-bond acceptors (Lipinski definition) is 3. The molecule has 0 bridgehead atoms. The van der Waals surface area contributed by atoms with Gasteiger partial charge in [0.25, 0.3) is 0 Å². The number of ketones is 1. The molecule has 1 aliphatic carbocycles. The molecule has 0 spiro atoms. The van der Waals surface area contributed by atoms with Crippen LogP contribution in [0.5, 0.6) is 0 Å². The number of aryl methyl sites for hydroxylation is 3. The molecular weight excluding hydrogens is 306 g/mol. The SMILES string of the molecule is Cc1ccsc1CNC(=O)CCC(=O)c1ccc2c(c1)CCC2. The Morgan fingerprint density at radius 3 is 2.74 bits per heavy atom. The molecule has 1 aliphatic rings. The minimum Gasteiger partial charge on any atom is -0.351 e. The monoisotopic (exact) mass is 327 g/mol. The first-order chi connectivity index (χ1) is 11.1. The van der Waals surface area contributed by atoms with Gasteiger partial charge in [0.05, 0.1) is 6.54 Å². The van der Waals surface area contributed by atoms with E-state index in [1.807, 2.05) is 30.5 Å². The van der Waals surface area contributed by atoms with Gasteiger partial charge in [-0.25, -0.2) is 0 Å². The van der Waals surface area contributed by atoms with Gasteiger partial charge in [0.2, 0.25) is 5.91 Å². The highest BCUT2D eigenvalue weighted by atomic mass is 32.1. The van der Waals surface area contributed by atoms with Gasteiger partial charge < -0.3 is 5.32 Å². The molecule has 1 amide bonds. The summed E-state index contributed by atoms with van der Waals surface area (Å²) < 4.78 is 0. The summed E-state index contributed by atoms with van der Waals surface area (Å²) in [7, 11) is 0. The number of fused-ring (bicyclic) bond motifs is 1. The van der Waals surface area contributed by atoms with E-state index in [4.69, 9.17) is 0 Å². The first-order valence-corrected chi connectivity index (χ1v) is 8.96. The Morgan fingerprint density at radius 1 is 1.13 bits per heavy atom. The van der Waals surface area contributed by atoms with Crippen LogP contribution >= 0.6 is 11.3 Å². The lowest BCUT2D eigenvalue weighted by atomic mass is 10.0. The van der Waals surface area contributed by atoms with Crippen LogP contribution in [0.1, 0.15) is 51.2 Å². The van der Waals surface area contributed by atoms with Gasteiger partial charge in [-0.05, 0) is 60.4 Å². The fourth-order valence-corrected chi connectivity index (χ4v) is 3.81. The highest BCUT2D eigenvalue weighted by Gasteiger charge is 2.15. The normalized spacial score (nSPS) is 12.9. The summed E-state index contributed by atoms with van der Waals surface area (Å²) in [6.07, 6.45) is 3.89. The Hall–Kier alpha value is -1.94. The molecule has 0 radical (unpaired) electrons. The van der Waals surface area contributed by atoms with Crippen LogP contribution < -0.4 is 5.32 Å². The van der Waals surface area contributed by atoms with Crippen molar-refractivity contribution >= 4 is 23.0 Å². The third kappa shape index (κ3) is 3.88. The predicted molar refractivity (Wildman–Crippen MR) is 92.9 cm³/mol. The first-order valence-electron chi connectivity index (χ1n) is 8.08. The Balaban J connectivity index is 1.48. The highest BCUT2D eigenvalue weighted by molar-refractivity contribution is 7.10. The maximum Gasteiger partial charge on any atom is 0.220 e. The molecule has 3 rings (SSSR count). The van der Waals surface area contributed by atoms with Crippen molar-refractivity contribution in [3.8, 4) is 0 Å². The lowest BCUT2D eigenvalue weighted by Gasteiger charge is -2.06. The Labute approximate surface area is 140 Å². The summed E-state index contributed by atoms with van der Waals surface area (Å²) in [5.41, 5.74) is 4.61. The Morgan fingerprint density at radius 2 is 1.96 bits per heavy atom. The number of amides is 1. The van der Waals surface area contributed by atoms with Crippen LogP contribution in [-0.2, 0) is 24.2 Å². The fraction of sp³-hybridized carbons (Fsp3) is 0.368. The maximum absolute atomic E-state index is 12.3. The molecule has 1 aromatic carbocycles. The number of benzene rings is 1. The molecule has 1 N–H and O–H groups in total. The second-order valence-electron chi connectivity index (χ2n) is 6.06. The van der Waals surface area contributed by atoms with E-state index in [1.165, 1.54) is 28.0 Å². The van der Waals surface area contributed by atoms with Crippen molar-refractivity contribution in [2.45, 2.75) is 45.6 Å². The van der Waals surface area contributed by atoms with Crippen molar-refractivity contribution in [1.82, 2.24) is 5.32 Å². The molecule has 2 aromatic rings. The number of rotatable bonds is 6. The number of hydrogen-bond donors (Lipinski definition) is 1. The Kier molecular flexibility index (Phi) is 4.91. The van der Waals surface area contributed by atoms with E-state index in [0.717, 1.165) is 18.4 Å². The smallest absolute Gasteiger partial charge is 0.220 e. The molecule has 0 unspecified atom stereocenters. The van der Waals surface area contributed by atoms with E-state index >= 15 is 0 Å². The molecule has 1 aromatic heterocycles. The van der Waals surface area contributed by atoms with Gasteiger partial charge in [-0.1, -0.05) is 12.1 Å². The second kappa shape index (κ2) is 7.09. The van der Waals surface area contributed by atoms with Gasteiger partial charge in [-0.15, -0.1) is 11.3 Å².